The van der Waals surface area contributed by atoms with Crippen molar-refractivity contribution in [2.45, 2.75) is 66.2 Å². The molecule has 2 fully saturated rings. The summed E-state index contributed by atoms with van der Waals surface area (Å²) < 4.78 is 5.49. The molecule has 0 radical (unpaired) electrons. The average Bonchev–Trinajstić information content (AvgIpc) is 2.49. The Morgan fingerprint density at radius 2 is 1.92 bits per heavy atom. The standard InChI is InChI=1S/C23H34O/c1-16-12-18(14-19(13-16)24-6)15-20-17(2)8-9-21-22(3,4)10-7-11-23(20,21)5/h12-14,20-21H,2,7-11,15H2,1,3-6H3/t20-,21-,23+/m0/s1. The number of ether oxygens (including phenoxy) is 1. The Hall–Kier alpha value is -1.24. The lowest BCUT2D eigenvalue weighted by Gasteiger charge is -2.58. The van der Waals surface area contributed by atoms with Crippen molar-refractivity contribution < 1.29 is 4.74 Å². The van der Waals surface area contributed by atoms with Crippen molar-refractivity contribution in [2.75, 3.05) is 7.11 Å². The zero-order chi connectivity index (χ0) is 17.5. The van der Waals surface area contributed by atoms with Crippen LogP contribution in [0.15, 0.2) is 30.4 Å². The van der Waals surface area contributed by atoms with Crippen molar-refractivity contribution in [1.82, 2.24) is 0 Å². The van der Waals surface area contributed by atoms with E-state index < -0.39 is 0 Å². The minimum atomic E-state index is 0.397. The Balaban J connectivity index is 1.93. The highest BCUT2D eigenvalue weighted by molar-refractivity contribution is 5.35. The van der Waals surface area contributed by atoms with Crippen molar-refractivity contribution >= 4 is 0 Å². The summed E-state index contributed by atoms with van der Waals surface area (Å²) in [6, 6.07) is 6.67. The fourth-order valence-corrected chi connectivity index (χ4v) is 5.95. The summed E-state index contributed by atoms with van der Waals surface area (Å²) in [7, 11) is 1.76. The van der Waals surface area contributed by atoms with Crippen LogP contribution in [0.2, 0.25) is 0 Å². The SMILES string of the molecule is C=C1CC[C@H]2C(C)(C)CCC[C@]2(C)[C@H]1Cc1cc(C)cc(OC)c1. The third-order valence-corrected chi connectivity index (χ3v) is 7.11. The second-order valence-electron chi connectivity index (χ2n) is 9.21. The number of aryl methyl sites for hydroxylation is 1. The van der Waals surface area contributed by atoms with Gasteiger partial charge in [-0.05, 0) is 85.0 Å². The molecule has 0 N–H and O–H groups in total. The van der Waals surface area contributed by atoms with E-state index in [1.807, 2.05) is 0 Å². The predicted molar refractivity (Wildman–Crippen MR) is 103 cm³/mol. The monoisotopic (exact) mass is 326 g/mol. The Bertz CT molecular complexity index is 627. The summed E-state index contributed by atoms with van der Waals surface area (Å²) in [6.45, 7) is 14.2. The fraction of sp³-hybridized carbons (Fsp3) is 0.652. The van der Waals surface area contributed by atoms with E-state index in [0.717, 1.165) is 18.1 Å². The van der Waals surface area contributed by atoms with Crippen LogP contribution in [-0.4, -0.2) is 7.11 Å². The molecule has 2 saturated carbocycles. The molecule has 0 aliphatic heterocycles. The summed E-state index contributed by atoms with van der Waals surface area (Å²) >= 11 is 0. The molecule has 132 valence electrons. The maximum Gasteiger partial charge on any atom is 0.119 e. The summed E-state index contributed by atoms with van der Waals surface area (Å²) in [5, 5.41) is 0. The van der Waals surface area contributed by atoms with E-state index in [1.54, 1.807) is 7.11 Å². The predicted octanol–water partition coefficient (Wildman–Crippen LogP) is 6.34. The molecule has 24 heavy (non-hydrogen) atoms. The summed E-state index contributed by atoms with van der Waals surface area (Å²) in [5.74, 6) is 2.40. The molecule has 0 saturated heterocycles. The number of allylic oxidation sites excluding steroid dienone is 1. The fourth-order valence-electron chi connectivity index (χ4n) is 5.95. The largest absolute Gasteiger partial charge is 0.497 e. The van der Waals surface area contributed by atoms with Crippen LogP contribution < -0.4 is 4.74 Å². The highest BCUT2D eigenvalue weighted by atomic mass is 16.5. The van der Waals surface area contributed by atoms with Crippen molar-refractivity contribution in [2.24, 2.45) is 22.7 Å². The number of rotatable bonds is 3. The van der Waals surface area contributed by atoms with Crippen LogP contribution in [0.5, 0.6) is 5.75 Å². The van der Waals surface area contributed by atoms with Crippen LogP contribution in [0.4, 0.5) is 0 Å². The average molecular weight is 327 g/mol. The van der Waals surface area contributed by atoms with E-state index in [0.29, 0.717) is 16.7 Å². The van der Waals surface area contributed by atoms with Gasteiger partial charge in [-0.25, -0.2) is 0 Å². The van der Waals surface area contributed by atoms with Gasteiger partial charge in [-0.2, -0.15) is 0 Å². The number of hydrogen-bond donors (Lipinski definition) is 0. The highest BCUT2D eigenvalue weighted by Crippen LogP contribution is 2.61. The number of hydrogen-bond acceptors (Lipinski definition) is 1. The summed E-state index contributed by atoms with van der Waals surface area (Å²) in [6.07, 6.45) is 7.74. The Labute approximate surface area is 148 Å². The molecule has 2 aliphatic rings. The van der Waals surface area contributed by atoms with Crippen molar-refractivity contribution in [3.8, 4) is 5.75 Å². The van der Waals surface area contributed by atoms with Gasteiger partial charge in [-0.3, -0.25) is 0 Å². The molecule has 0 bridgehead atoms. The molecule has 1 aromatic carbocycles. The Morgan fingerprint density at radius 3 is 2.62 bits per heavy atom. The van der Waals surface area contributed by atoms with E-state index in [1.165, 1.54) is 48.8 Å². The molecule has 0 heterocycles. The molecule has 1 aromatic rings. The second kappa shape index (κ2) is 6.24. The molecule has 2 aliphatic carbocycles. The third kappa shape index (κ3) is 3.03. The summed E-state index contributed by atoms with van der Waals surface area (Å²) in [5.41, 5.74) is 5.04. The van der Waals surface area contributed by atoms with E-state index in [4.69, 9.17) is 4.74 Å². The topological polar surface area (TPSA) is 9.23 Å². The van der Waals surface area contributed by atoms with Crippen LogP contribution in [-0.2, 0) is 6.42 Å². The lowest BCUT2D eigenvalue weighted by molar-refractivity contribution is -0.0517. The Kier molecular flexibility index (Phi) is 4.57. The van der Waals surface area contributed by atoms with Crippen molar-refractivity contribution in [3.05, 3.63) is 41.5 Å². The van der Waals surface area contributed by atoms with Gasteiger partial charge in [0, 0.05) is 0 Å². The molecule has 3 atom stereocenters. The van der Waals surface area contributed by atoms with E-state index >= 15 is 0 Å². The molecule has 1 heteroatoms. The van der Waals surface area contributed by atoms with Gasteiger partial charge in [0.05, 0.1) is 7.11 Å². The maximum atomic E-state index is 5.49. The molecule has 0 spiro atoms. The molecular weight excluding hydrogens is 292 g/mol. The number of methoxy groups -OCH3 is 1. The lowest BCUT2D eigenvalue weighted by atomic mass is 9.47. The first kappa shape index (κ1) is 17.6. The first-order chi connectivity index (χ1) is 11.3. The maximum absolute atomic E-state index is 5.49. The smallest absolute Gasteiger partial charge is 0.119 e. The summed E-state index contributed by atoms with van der Waals surface area (Å²) in [4.78, 5) is 0. The highest BCUT2D eigenvalue weighted by Gasteiger charge is 2.52. The molecule has 0 aromatic heterocycles. The first-order valence-corrected chi connectivity index (χ1v) is 9.58. The first-order valence-electron chi connectivity index (χ1n) is 9.58. The molecule has 1 nitrogen and oxygen atoms in total. The molecule has 0 amide bonds. The molecule has 3 rings (SSSR count). The third-order valence-electron chi connectivity index (χ3n) is 7.11. The van der Waals surface area contributed by atoms with Gasteiger partial charge in [0.1, 0.15) is 5.75 Å². The van der Waals surface area contributed by atoms with Gasteiger partial charge in [0.15, 0.2) is 0 Å². The minimum absolute atomic E-state index is 0.397. The van der Waals surface area contributed by atoms with Gasteiger partial charge >= 0.3 is 0 Å². The zero-order valence-electron chi connectivity index (χ0n) is 16.2. The normalized spacial score (nSPS) is 32.3. The lowest BCUT2D eigenvalue weighted by Crippen LogP contribution is -2.50. The van der Waals surface area contributed by atoms with Crippen molar-refractivity contribution in [1.29, 1.82) is 0 Å². The van der Waals surface area contributed by atoms with Crippen LogP contribution in [0.3, 0.4) is 0 Å². The molecule has 0 unspecified atom stereocenters. The minimum Gasteiger partial charge on any atom is -0.497 e. The molecular formula is C23H34O. The second-order valence-corrected chi connectivity index (χ2v) is 9.21. The van der Waals surface area contributed by atoms with Gasteiger partial charge in [-0.1, -0.05) is 45.4 Å². The van der Waals surface area contributed by atoms with Crippen LogP contribution in [0.25, 0.3) is 0 Å². The van der Waals surface area contributed by atoms with E-state index in [-0.39, 0.29) is 0 Å². The Morgan fingerprint density at radius 1 is 1.17 bits per heavy atom. The van der Waals surface area contributed by atoms with Gasteiger partial charge in [-0.15, -0.1) is 0 Å². The van der Waals surface area contributed by atoms with Crippen LogP contribution in [0, 0.1) is 29.6 Å². The quantitative estimate of drug-likeness (QED) is 0.588. The number of fused-ring (bicyclic) bond motifs is 1. The van der Waals surface area contributed by atoms with Crippen LogP contribution in [0.1, 0.15) is 64.0 Å². The van der Waals surface area contributed by atoms with E-state index in [2.05, 4.69) is 52.5 Å². The van der Waals surface area contributed by atoms with E-state index in [9.17, 15) is 0 Å². The van der Waals surface area contributed by atoms with Crippen molar-refractivity contribution in [3.63, 3.8) is 0 Å². The van der Waals surface area contributed by atoms with Gasteiger partial charge < -0.3 is 4.74 Å². The zero-order valence-corrected chi connectivity index (χ0v) is 16.2. The van der Waals surface area contributed by atoms with Gasteiger partial charge in [0.25, 0.3) is 0 Å². The van der Waals surface area contributed by atoms with Gasteiger partial charge in [0.2, 0.25) is 0 Å². The number of benzene rings is 1. The van der Waals surface area contributed by atoms with Crippen LogP contribution >= 0.6 is 0 Å².